The Balaban J connectivity index is 1.94. The van der Waals surface area contributed by atoms with E-state index in [0.29, 0.717) is 4.75 Å². The Morgan fingerprint density at radius 3 is 2.86 bits per heavy atom. The molecule has 1 spiro atoms. The molecule has 21 heavy (non-hydrogen) atoms. The molecule has 0 aromatic heterocycles. The third-order valence-electron chi connectivity index (χ3n) is 4.42. The van der Waals surface area contributed by atoms with Crippen molar-refractivity contribution in [1.29, 1.82) is 0 Å². The summed E-state index contributed by atoms with van der Waals surface area (Å²) < 4.78 is 5.61. The summed E-state index contributed by atoms with van der Waals surface area (Å²) in [7, 11) is 1.75. The summed E-state index contributed by atoms with van der Waals surface area (Å²) in [6, 6.07) is 0. The molecular formula is C16H31N3OS. The van der Waals surface area contributed by atoms with Gasteiger partial charge in [0.1, 0.15) is 0 Å². The first kappa shape index (κ1) is 16.9. The molecule has 1 saturated carbocycles. The van der Waals surface area contributed by atoms with Gasteiger partial charge in [0.15, 0.2) is 5.96 Å². The second-order valence-electron chi connectivity index (χ2n) is 6.10. The largest absolute Gasteiger partial charge is 0.385 e. The van der Waals surface area contributed by atoms with Crippen LogP contribution in [0.2, 0.25) is 0 Å². The molecule has 1 aliphatic carbocycles. The maximum atomic E-state index is 5.11. The van der Waals surface area contributed by atoms with Gasteiger partial charge in [-0.05, 0) is 26.2 Å². The van der Waals surface area contributed by atoms with Gasteiger partial charge in [-0.25, -0.2) is 0 Å². The van der Waals surface area contributed by atoms with Crippen molar-refractivity contribution in [3.63, 3.8) is 0 Å². The number of aliphatic imine (C=N–C) groups is 1. The Hall–Kier alpha value is -0.420. The number of ether oxygens (including phenoxy) is 1. The van der Waals surface area contributed by atoms with Gasteiger partial charge in [-0.3, -0.25) is 4.99 Å². The van der Waals surface area contributed by atoms with Crippen molar-refractivity contribution in [3.8, 4) is 0 Å². The van der Waals surface area contributed by atoms with Crippen LogP contribution in [-0.4, -0.2) is 61.3 Å². The lowest BCUT2D eigenvalue weighted by Crippen LogP contribution is -2.53. The summed E-state index contributed by atoms with van der Waals surface area (Å²) in [5, 5.41) is 3.48. The Morgan fingerprint density at radius 1 is 1.33 bits per heavy atom. The summed E-state index contributed by atoms with van der Waals surface area (Å²) in [5.41, 5.74) is 0. The standard InChI is InChI=1S/C16H31N3OS/c1-3-17-15(18-10-7-12-20-2)19-11-13-21-16(14-19)8-5-4-6-9-16/h3-14H2,1-2H3,(H,17,18). The fraction of sp³-hybridized carbons (Fsp3) is 0.938. The van der Waals surface area contributed by atoms with Crippen LogP contribution in [0, 0.1) is 0 Å². The average Bonchev–Trinajstić information content (AvgIpc) is 2.51. The van der Waals surface area contributed by atoms with Gasteiger partial charge < -0.3 is 15.0 Å². The van der Waals surface area contributed by atoms with E-state index in [0.717, 1.165) is 38.6 Å². The van der Waals surface area contributed by atoms with Gasteiger partial charge in [-0.2, -0.15) is 11.8 Å². The normalized spacial score (nSPS) is 22.6. The number of rotatable bonds is 5. The van der Waals surface area contributed by atoms with Gasteiger partial charge in [0.25, 0.3) is 0 Å². The third kappa shape index (κ3) is 5.06. The fourth-order valence-corrected chi connectivity index (χ4v) is 4.91. The van der Waals surface area contributed by atoms with E-state index in [1.165, 1.54) is 44.4 Å². The molecule has 5 heteroatoms. The van der Waals surface area contributed by atoms with E-state index in [1.54, 1.807) is 7.11 Å². The van der Waals surface area contributed by atoms with Crippen LogP contribution < -0.4 is 5.32 Å². The molecule has 1 saturated heterocycles. The number of methoxy groups -OCH3 is 1. The smallest absolute Gasteiger partial charge is 0.193 e. The van der Waals surface area contributed by atoms with Crippen LogP contribution in [-0.2, 0) is 4.74 Å². The summed E-state index contributed by atoms with van der Waals surface area (Å²) in [5.74, 6) is 2.35. The lowest BCUT2D eigenvalue weighted by Gasteiger charge is -2.45. The molecule has 0 unspecified atom stereocenters. The van der Waals surface area contributed by atoms with E-state index in [2.05, 4.69) is 28.9 Å². The quantitative estimate of drug-likeness (QED) is 0.481. The van der Waals surface area contributed by atoms with Crippen LogP contribution in [0.15, 0.2) is 4.99 Å². The minimum atomic E-state index is 0.499. The molecule has 0 aromatic carbocycles. The summed E-state index contributed by atoms with van der Waals surface area (Å²) in [6.07, 6.45) is 8.01. The van der Waals surface area contributed by atoms with Gasteiger partial charge in [-0.15, -0.1) is 0 Å². The van der Waals surface area contributed by atoms with Gasteiger partial charge in [0.2, 0.25) is 0 Å². The second kappa shape index (κ2) is 8.89. The van der Waals surface area contributed by atoms with Gasteiger partial charge >= 0.3 is 0 Å². The Labute approximate surface area is 134 Å². The zero-order valence-corrected chi connectivity index (χ0v) is 14.5. The fourth-order valence-electron chi connectivity index (χ4n) is 3.34. The topological polar surface area (TPSA) is 36.9 Å². The highest BCUT2D eigenvalue weighted by atomic mass is 32.2. The van der Waals surface area contributed by atoms with Crippen LogP contribution in [0.1, 0.15) is 45.4 Å². The van der Waals surface area contributed by atoms with Crippen molar-refractivity contribution in [2.45, 2.75) is 50.2 Å². The predicted octanol–water partition coefficient (Wildman–Crippen LogP) is 2.74. The van der Waals surface area contributed by atoms with Crippen molar-refractivity contribution in [3.05, 3.63) is 0 Å². The van der Waals surface area contributed by atoms with Crippen LogP contribution in [0.25, 0.3) is 0 Å². The highest BCUT2D eigenvalue weighted by molar-refractivity contribution is 8.00. The number of thioether (sulfide) groups is 1. The number of nitrogens with zero attached hydrogens (tertiary/aromatic N) is 2. The van der Waals surface area contributed by atoms with Crippen molar-refractivity contribution in [2.75, 3.05) is 45.6 Å². The predicted molar refractivity (Wildman–Crippen MR) is 92.3 cm³/mol. The molecule has 1 aliphatic heterocycles. The summed E-state index contributed by atoms with van der Waals surface area (Å²) >= 11 is 2.21. The first-order valence-electron chi connectivity index (χ1n) is 8.46. The van der Waals surface area contributed by atoms with Crippen LogP contribution in [0.4, 0.5) is 0 Å². The zero-order valence-electron chi connectivity index (χ0n) is 13.7. The molecule has 1 N–H and O–H groups in total. The summed E-state index contributed by atoms with van der Waals surface area (Å²) in [4.78, 5) is 7.29. The molecule has 0 aromatic rings. The Kier molecular flexibility index (Phi) is 7.17. The zero-order chi connectivity index (χ0) is 15.0. The maximum absolute atomic E-state index is 5.11. The Morgan fingerprint density at radius 2 is 2.14 bits per heavy atom. The number of hydrogen-bond donors (Lipinski definition) is 1. The van der Waals surface area contributed by atoms with Gasteiger partial charge in [0, 0.05) is 50.4 Å². The van der Waals surface area contributed by atoms with Crippen LogP contribution >= 0.6 is 11.8 Å². The molecular weight excluding hydrogens is 282 g/mol. The molecule has 2 rings (SSSR count). The van der Waals surface area contributed by atoms with Crippen molar-refractivity contribution in [2.24, 2.45) is 4.99 Å². The molecule has 2 fully saturated rings. The van der Waals surface area contributed by atoms with Gasteiger partial charge in [0.05, 0.1) is 0 Å². The van der Waals surface area contributed by atoms with Crippen molar-refractivity contribution >= 4 is 17.7 Å². The molecule has 0 atom stereocenters. The first-order valence-corrected chi connectivity index (χ1v) is 9.44. The highest BCUT2D eigenvalue weighted by Crippen LogP contribution is 2.42. The molecule has 0 radical (unpaired) electrons. The van der Waals surface area contributed by atoms with E-state index in [4.69, 9.17) is 9.73 Å². The summed E-state index contributed by atoms with van der Waals surface area (Å²) in [6.45, 7) is 7.05. The monoisotopic (exact) mass is 313 g/mol. The lowest BCUT2D eigenvalue weighted by atomic mass is 9.87. The van der Waals surface area contributed by atoms with E-state index < -0.39 is 0 Å². The van der Waals surface area contributed by atoms with Crippen molar-refractivity contribution < 1.29 is 4.74 Å². The average molecular weight is 314 g/mol. The van der Waals surface area contributed by atoms with Crippen LogP contribution in [0.5, 0.6) is 0 Å². The maximum Gasteiger partial charge on any atom is 0.193 e. The van der Waals surface area contributed by atoms with Crippen molar-refractivity contribution in [1.82, 2.24) is 10.2 Å². The number of nitrogens with one attached hydrogen (secondary N) is 1. The van der Waals surface area contributed by atoms with E-state index in [1.807, 2.05) is 0 Å². The minimum absolute atomic E-state index is 0.499. The number of hydrogen-bond acceptors (Lipinski definition) is 3. The molecule has 122 valence electrons. The minimum Gasteiger partial charge on any atom is -0.385 e. The van der Waals surface area contributed by atoms with Crippen LogP contribution in [0.3, 0.4) is 0 Å². The molecule has 0 amide bonds. The molecule has 2 aliphatic rings. The Bertz CT molecular complexity index is 324. The van der Waals surface area contributed by atoms with E-state index >= 15 is 0 Å². The number of guanidine groups is 1. The molecule has 1 heterocycles. The van der Waals surface area contributed by atoms with E-state index in [9.17, 15) is 0 Å². The molecule has 4 nitrogen and oxygen atoms in total. The second-order valence-corrected chi connectivity index (χ2v) is 7.66. The molecule has 0 bridgehead atoms. The first-order chi connectivity index (χ1) is 10.3. The van der Waals surface area contributed by atoms with Gasteiger partial charge in [-0.1, -0.05) is 19.3 Å². The lowest BCUT2D eigenvalue weighted by molar-refractivity contribution is 0.196. The highest BCUT2D eigenvalue weighted by Gasteiger charge is 2.38. The van der Waals surface area contributed by atoms with E-state index in [-0.39, 0.29) is 0 Å². The third-order valence-corrected chi connectivity index (χ3v) is 5.95. The SMILES string of the molecule is CCNC(=NCCCOC)N1CCSC2(CCCCC2)C1.